The molecule has 0 spiro atoms. The molecule has 0 aliphatic rings. The van der Waals surface area contributed by atoms with E-state index in [1.165, 1.54) is 48.8 Å². The second kappa shape index (κ2) is 14.6. The van der Waals surface area contributed by atoms with Gasteiger partial charge >= 0.3 is 0 Å². The largest absolute Gasteiger partial charge is 0.266 e. The molecule has 1 nitrogen and oxygen atoms in total. The van der Waals surface area contributed by atoms with Crippen LogP contribution in [0.2, 0.25) is 0 Å². The molecule has 1 atom stereocenters. The number of hydrogen-bond donors (Lipinski definition) is 0. The van der Waals surface area contributed by atoms with E-state index in [0.717, 1.165) is 25.0 Å². The number of hydrogen-bond acceptors (Lipinski definition) is 1. The van der Waals surface area contributed by atoms with Crippen molar-refractivity contribution in [1.29, 1.82) is 0 Å². The highest BCUT2D eigenvalue weighted by atomic mass is 14.7. The molecule has 0 aliphatic heterocycles. The number of rotatable bonds is 14. The van der Waals surface area contributed by atoms with Crippen molar-refractivity contribution in [2.24, 2.45) is 16.3 Å². The molecule has 1 unspecified atom stereocenters. The van der Waals surface area contributed by atoms with Crippen molar-refractivity contribution in [3.05, 3.63) is 47.2 Å². The Kier molecular flexibility index (Phi) is 13.9. The van der Waals surface area contributed by atoms with Gasteiger partial charge in [0.25, 0.3) is 0 Å². The molecule has 0 aromatic carbocycles. The number of aliphatic imine (C=N–C) groups is 1. The van der Waals surface area contributed by atoms with Gasteiger partial charge < -0.3 is 0 Å². The van der Waals surface area contributed by atoms with Crippen LogP contribution in [0.15, 0.2) is 52.2 Å². The molecule has 0 rings (SSSR count). The molecule has 0 aromatic rings. The summed E-state index contributed by atoms with van der Waals surface area (Å²) < 4.78 is 0. The summed E-state index contributed by atoms with van der Waals surface area (Å²) in [5.74, 6) is 0.564. The summed E-state index contributed by atoms with van der Waals surface area (Å²) in [4.78, 5) is 4.44. The zero-order valence-electron chi connectivity index (χ0n) is 21.1. The van der Waals surface area contributed by atoms with Crippen molar-refractivity contribution in [3.8, 4) is 0 Å². The summed E-state index contributed by atoms with van der Waals surface area (Å²) in [5, 5.41) is 0. The van der Waals surface area contributed by atoms with E-state index >= 15 is 0 Å². The lowest BCUT2D eigenvalue weighted by Crippen LogP contribution is -2.09. The van der Waals surface area contributed by atoms with Crippen LogP contribution < -0.4 is 0 Å². The molecule has 0 N–H and O–H groups in total. The van der Waals surface area contributed by atoms with Crippen LogP contribution in [0, 0.1) is 11.3 Å². The van der Waals surface area contributed by atoms with E-state index in [-0.39, 0.29) is 0 Å². The fourth-order valence-electron chi connectivity index (χ4n) is 3.29. The molecule has 0 fully saturated rings. The fraction of sp³-hybridized carbons (Fsp3) is 0.679. The van der Waals surface area contributed by atoms with Gasteiger partial charge in [-0.25, -0.2) is 0 Å². The van der Waals surface area contributed by atoms with Gasteiger partial charge in [-0.05, 0) is 77.6 Å². The average molecular weight is 400 g/mol. The van der Waals surface area contributed by atoms with Gasteiger partial charge in [0.1, 0.15) is 0 Å². The summed E-state index contributed by atoms with van der Waals surface area (Å²) in [5.41, 5.74) is 7.24. The Labute approximate surface area is 183 Å². The first-order valence-electron chi connectivity index (χ1n) is 11.7. The smallest absolute Gasteiger partial charge is 0.0259 e. The molecule has 0 amide bonds. The van der Waals surface area contributed by atoms with Gasteiger partial charge in [-0.3, -0.25) is 4.99 Å². The predicted octanol–water partition coefficient (Wildman–Crippen LogP) is 9.62. The van der Waals surface area contributed by atoms with Gasteiger partial charge in [-0.15, -0.1) is 0 Å². The highest BCUT2D eigenvalue weighted by Gasteiger charge is 2.15. The summed E-state index contributed by atoms with van der Waals surface area (Å²) in [6.07, 6.45) is 16.1. The van der Waals surface area contributed by atoms with Gasteiger partial charge in [0.2, 0.25) is 0 Å². The Morgan fingerprint density at radius 1 is 1.00 bits per heavy atom. The topological polar surface area (TPSA) is 12.4 Å². The van der Waals surface area contributed by atoms with E-state index in [0.29, 0.717) is 11.3 Å². The quantitative estimate of drug-likeness (QED) is 0.156. The predicted molar refractivity (Wildman–Crippen MR) is 135 cm³/mol. The molecule has 1 heteroatoms. The molecule has 0 bridgehead atoms. The van der Waals surface area contributed by atoms with E-state index in [1.54, 1.807) is 5.57 Å². The van der Waals surface area contributed by atoms with Gasteiger partial charge in [0, 0.05) is 11.9 Å². The minimum Gasteiger partial charge on any atom is -0.266 e. The Balaban J connectivity index is 5.09. The van der Waals surface area contributed by atoms with Crippen molar-refractivity contribution in [2.75, 3.05) is 0 Å². The molecule has 29 heavy (non-hydrogen) atoms. The third kappa shape index (κ3) is 13.5. The second-order valence-corrected chi connectivity index (χ2v) is 9.79. The van der Waals surface area contributed by atoms with Gasteiger partial charge in [0.05, 0.1) is 0 Å². The maximum Gasteiger partial charge on any atom is 0.0259 e. The van der Waals surface area contributed by atoms with Crippen molar-refractivity contribution in [1.82, 2.24) is 0 Å². The maximum absolute atomic E-state index is 4.46. The Bertz CT molecular complexity index is 606. The molecular formula is C28H49N. The molecular weight excluding hydrogens is 350 g/mol. The maximum atomic E-state index is 4.46. The molecule has 0 saturated carbocycles. The molecule has 166 valence electrons. The monoisotopic (exact) mass is 399 g/mol. The van der Waals surface area contributed by atoms with Crippen LogP contribution in [0.25, 0.3) is 0 Å². The van der Waals surface area contributed by atoms with E-state index in [2.05, 4.69) is 72.2 Å². The first kappa shape index (κ1) is 27.6. The Morgan fingerprint density at radius 2 is 1.66 bits per heavy atom. The first-order valence-corrected chi connectivity index (χ1v) is 11.7. The van der Waals surface area contributed by atoms with Gasteiger partial charge in [-0.1, -0.05) is 88.5 Å². The summed E-state index contributed by atoms with van der Waals surface area (Å²) in [7, 11) is 0. The third-order valence-electron chi connectivity index (χ3n) is 5.98. The van der Waals surface area contributed by atoms with Gasteiger partial charge in [0.15, 0.2) is 0 Å². The molecule has 0 saturated heterocycles. The molecule has 0 aromatic heterocycles. The number of allylic oxidation sites excluding steroid dienone is 6. The Hall–Kier alpha value is -1.37. The lowest BCUT2D eigenvalue weighted by atomic mass is 9.83. The van der Waals surface area contributed by atoms with Crippen LogP contribution in [0.5, 0.6) is 0 Å². The highest BCUT2D eigenvalue weighted by Crippen LogP contribution is 2.30. The van der Waals surface area contributed by atoms with Crippen molar-refractivity contribution < 1.29 is 0 Å². The van der Waals surface area contributed by atoms with Crippen LogP contribution in [-0.4, -0.2) is 5.71 Å². The van der Waals surface area contributed by atoms with Crippen LogP contribution in [0.4, 0.5) is 0 Å². The fourth-order valence-corrected chi connectivity index (χ4v) is 3.29. The third-order valence-corrected chi connectivity index (χ3v) is 5.98. The van der Waals surface area contributed by atoms with Crippen molar-refractivity contribution in [3.63, 3.8) is 0 Å². The minimum atomic E-state index is 0.447. The number of nitrogens with zero attached hydrogens (tertiary/aromatic N) is 1. The van der Waals surface area contributed by atoms with Crippen LogP contribution in [0.1, 0.15) is 114 Å². The lowest BCUT2D eigenvalue weighted by molar-refractivity contribution is 0.322. The van der Waals surface area contributed by atoms with E-state index < -0.39 is 0 Å². The van der Waals surface area contributed by atoms with E-state index in [1.807, 2.05) is 20.0 Å². The van der Waals surface area contributed by atoms with Crippen LogP contribution >= 0.6 is 0 Å². The summed E-state index contributed by atoms with van der Waals surface area (Å²) in [6.45, 7) is 24.6. The van der Waals surface area contributed by atoms with E-state index in [4.69, 9.17) is 0 Å². The van der Waals surface area contributed by atoms with Gasteiger partial charge in [-0.2, -0.15) is 0 Å². The normalized spacial score (nSPS) is 14.7. The van der Waals surface area contributed by atoms with Crippen molar-refractivity contribution >= 4 is 5.71 Å². The molecule has 0 heterocycles. The zero-order chi connectivity index (χ0) is 22.4. The molecule has 0 radical (unpaired) electrons. The SMILES string of the molecule is C=C(C/C(C)=C/N=C(C)C)C(CCC)C/C(=C/C=C(\C)CCC(C)(C)CC)CC. The van der Waals surface area contributed by atoms with Crippen LogP contribution in [-0.2, 0) is 0 Å². The first-order chi connectivity index (χ1) is 13.5. The average Bonchev–Trinajstić information content (AvgIpc) is 2.67. The highest BCUT2D eigenvalue weighted by molar-refractivity contribution is 5.79. The Morgan fingerprint density at radius 3 is 2.17 bits per heavy atom. The molecule has 0 aliphatic carbocycles. The van der Waals surface area contributed by atoms with E-state index in [9.17, 15) is 0 Å². The second-order valence-electron chi connectivity index (χ2n) is 9.79. The zero-order valence-corrected chi connectivity index (χ0v) is 21.1. The standard InChI is InChI=1S/C28H49N/c1-11-14-27(25(8)19-24(7)21-29-22(4)5)20-26(12-2)16-15-23(6)17-18-28(9,10)13-3/h15-16,21,27H,8,11-14,17-20H2,1-7,9-10H3/b23-15+,24-21+,26-16+. The van der Waals surface area contributed by atoms with Crippen LogP contribution in [0.3, 0.4) is 0 Å². The summed E-state index contributed by atoms with van der Waals surface area (Å²) >= 11 is 0. The summed E-state index contributed by atoms with van der Waals surface area (Å²) in [6, 6.07) is 0. The lowest BCUT2D eigenvalue weighted by Gasteiger charge is -2.22. The minimum absolute atomic E-state index is 0.447. The van der Waals surface area contributed by atoms with Crippen molar-refractivity contribution in [2.45, 2.75) is 114 Å².